The number of ether oxygens (including phenoxy) is 2. The Kier molecular flexibility index (Phi) is 5.18. The summed E-state index contributed by atoms with van der Waals surface area (Å²) in [6, 6.07) is 0. The maximum Gasteiger partial charge on any atom is 0.375 e. The molecule has 6 nitrogen and oxygen atoms in total. The zero-order chi connectivity index (χ0) is 13.7. The summed E-state index contributed by atoms with van der Waals surface area (Å²) in [6.07, 6.45) is 1.40. The van der Waals surface area contributed by atoms with E-state index in [1.807, 2.05) is 0 Å². The first kappa shape index (κ1) is 14.5. The second-order valence-corrected chi connectivity index (χ2v) is 3.81. The highest BCUT2D eigenvalue weighted by Crippen LogP contribution is 2.23. The van der Waals surface area contributed by atoms with Gasteiger partial charge in [0, 0.05) is 6.92 Å². The summed E-state index contributed by atoms with van der Waals surface area (Å²) in [7, 11) is 0. The molecule has 98 valence electrons. The molecule has 0 aliphatic carbocycles. The van der Waals surface area contributed by atoms with Crippen LogP contribution in [0.25, 0.3) is 0 Å². The van der Waals surface area contributed by atoms with Crippen LogP contribution >= 0.6 is 23.2 Å². The molecule has 0 aliphatic heterocycles. The minimum absolute atomic E-state index is 0.0107. The molecule has 1 heterocycles. The average molecular weight is 293 g/mol. The Morgan fingerprint density at radius 1 is 1.44 bits per heavy atom. The van der Waals surface area contributed by atoms with Crippen LogP contribution in [-0.4, -0.2) is 28.1 Å². The second-order valence-electron chi connectivity index (χ2n) is 3.10. The smallest absolute Gasteiger partial charge is 0.375 e. The minimum atomic E-state index is -0.740. The van der Waals surface area contributed by atoms with E-state index in [-0.39, 0.29) is 29.5 Å². The van der Waals surface area contributed by atoms with Crippen LogP contribution in [0.5, 0.6) is 0 Å². The Morgan fingerprint density at radius 2 is 2.11 bits per heavy atom. The van der Waals surface area contributed by atoms with Crippen LogP contribution in [0.1, 0.15) is 17.5 Å². The maximum absolute atomic E-state index is 11.6. The summed E-state index contributed by atoms with van der Waals surface area (Å²) < 4.78 is 10.7. The van der Waals surface area contributed by atoms with Crippen LogP contribution in [0.15, 0.2) is 12.7 Å². The topological polar surface area (TPSA) is 70.4 Å². The molecule has 0 aromatic carbocycles. The SMILES string of the molecule is C=CCOC(=O)c1nc(Cl)c(Cl)n1COC(C)=O. The van der Waals surface area contributed by atoms with Gasteiger partial charge < -0.3 is 9.47 Å². The Bertz CT molecular complexity index is 484. The fourth-order valence-electron chi connectivity index (χ4n) is 1.03. The largest absolute Gasteiger partial charge is 0.456 e. The number of esters is 2. The first-order valence-electron chi connectivity index (χ1n) is 4.80. The van der Waals surface area contributed by atoms with E-state index >= 15 is 0 Å². The van der Waals surface area contributed by atoms with E-state index in [4.69, 9.17) is 32.7 Å². The third kappa shape index (κ3) is 3.48. The highest BCUT2D eigenvalue weighted by Gasteiger charge is 2.21. The number of hydrogen-bond acceptors (Lipinski definition) is 5. The summed E-state index contributed by atoms with van der Waals surface area (Å²) in [4.78, 5) is 26.1. The third-order valence-corrected chi connectivity index (χ3v) is 2.52. The molecule has 0 saturated carbocycles. The van der Waals surface area contributed by atoms with Gasteiger partial charge in [-0.1, -0.05) is 35.9 Å². The van der Waals surface area contributed by atoms with Gasteiger partial charge in [0.05, 0.1) is 0 Å². The average Bonchev–Trinajstić information content (AvgIpc) is 2.60. The molecule has 0 N–H and O–H groups in total. The van der Waals surface area contributed by atoms with E-state index in [2.05, 4.69) is 11.6 Å². The van der Waals surface area contributed by atoms with Gasteiger partial charge in [-0.15, -0.1) is 0 Å². The van der Waals surface area contributed by atoms with Crippen molar-refractivity contribution in [2.45, 2.75) is 13.7 Å². The number of hydrogen-bond donors (Lipinski definition) is 0. The summed E-state index contributed by atoms with van der Waals surface area (Å²) in [6.45, 7) is 4.38. The van der Waals surface area contributed by atoms with E-state index in [9.17, 15) is 9.59 Å². The van der Waals surface area contributed by atoms with Crippen molar-refractivity contribution in [3.63, 3.8) is 0 Å². The fourth-order valence-corrected chi connectivity index (χ4v) is 1.39. The minimum Gasteiger partial charge on any atom is -0.456 e. The molecule has 0 spiro atoms. The molecule has 1 aromatic rings. The second kappa shape index (κ2) is 6.42. The summed E-state index contributed by atoms with van der Waals surface area (Å²) in [5.41, 5.74) is 0. The molecule has 0 fully saturated rings. The first-order chi connectivity index (χ1) is 8.47. The van der Waals surface area contributed by atoms with Gasteiger partial charge in [0.1, 0.15) is 6.61 Å². The van der Waals surface area contributed by atoms with Gasteiger partial charge in [-0.25, -0.2) is 9.78 Å². The van der Waals surface area contributed by atoms with Gasteiger partial charge in [-0.05, 0) is 0 Å². The molecular formula is C10H10Cl2N2O4. The van der Waals surface area contributed by atoms with Crippen molar-refractivity contribution in [3.8, 4) is 0 Å². The molecule has 1 rings (SSSR count). The van der Waals surface area contributed by atoms with Crippen LogP contribution in [0.4, 0.5) is 0 Å². The number of halogens is 2. The standard InChI is InChI=1S/C10H10Cl2N2O4/c1-3-4-17-10(16)9-13-7(11)8(12)14(9)5-18-6(2)15/h3H,1,4-5H2,2H3. The molecule has 8 heteroatoms. The van der Waals surface area contributed by atoms with E-state index in [1.54, 1.807) is 0 Å². The van der Waals surface area contributed by atoms with Crippen molar-refractivity contribution in [1.29, 1.82) is 0 Å². The van der Waals surface area contributed by atoms with Gasteiger partial charge in [-0.2, -0.15) is 0 Å². The van der Waals surface area contributed by atoms with Crippen molar-refractivity contribution in [2.24, 2.45) is 0 Å². The van der Waals surface area contributed by atoms with Crippen LogP contribution in [-0.2, 0) is 21.0 Å². The van der Waals surface area contributed by atoms with Crippen molar-refractivity contribution < 1.29 is 19.1 Å². The molecule has 0 atom stereocenters. The lowest BCUT2D eigenvalue weighted by molar-refractivity contribution is -0.144. The maximum atomic E-state index is 11.6. The lowest BCUT2D eigenvalue weighted by Gasteiger charge is -2.07. The summed E-state index contributed by atoms with van der Waals surface area (Å²) >= 11 is 11.5. The fraction of sp³-hybridized carbons (Fsp3) is 0.300. The normalized spacial score (nSPS) is 9.94. The molecule has 0 aliphatic rings. The molecule has 0 saturated heterocycles. The Labute approximate surface area is 113 Å². The van der Waals surface area contributed by atoms with Gasteiger partial charge >= 0.3 is 11.9 Å². The number of imidazole rings is 1. The van der Waals surface area contributed by atoms with Crippen molar-refractivity contribution in [2.75, 3.05) is 6.61 Å². The lowest BCUT2D eigenvalue weighted by Crippen LogP contribution is -2.16. The van der Waals surface area contributed by atoms with Gasteiger partial charge in [0.25, 0.3) is 0 Å². The Hall–Kier alpha value is -1.53. The van der Waals surface area contributed by atoms with Crippen molar-refractivity contribution in [3.05, 3.63) is 28.8 Å². The van der Waals surface area contributed by atoms with Crippen molar-refractivity contribution >= 4 is 35.1 Å². The Balaban J connectivity index is 2.95. The Morgan fingerprint density at radius 3 is 2.67 bits per heavy atom. The lowest BCUT2D eigenvalue weighted by atomic mass is 10.6. The van der Waals surface area contributed by atoms with Gasteiger partial charge in [0.2, 0.25) is 5.82 Å². The monoisotopic (exact) mass is 292 g/mol. The molecule has 0 radical (unpaired) electrons. The predicted octanol–water partition coefficient (Wildman–Crippen LogP) is 2.05. The number of nitrogens with zero attached hydrogens (tertiary/aromatic N) is 2. The van der Waals surface area contributed by atoms with E-state index < -0.39 is 11.9 Å². The molecule has 0 bridgehead atoms. The van der Waals surface area contributed by atoms with E-state index in [1.165, 1.54) is 13.0 Å². The quantitative estimate of drug-likeness (QED) is 0.614. The number of carbonyl (C=O) groups is 2. The molecule has 18 heavy (non-hydrogen) atoms. The van der Waals surface area contributed by atoms with Crippen LogP contribution < -0.4 is 0 Å². The van der Waals surface area contributed by atoms with Crippen LogP contribution in [0.3, 0.4) is 0 Å². The van der Waals surface area contributed by atoms with Gasteiger partial charge in [-0.3, -0.25) is 9.36 Å². The van der Waals surface area contributed by atoms with E-state index in [0.29, 0.717) is 0 Å². The third-order valence-electron chi connectivity index (χ3n) is 1.78. The molecule has 0 amide bonds. The molecule has 1 aromatic heterocycles. The van der Waals surface area contributed by atoms with Gasteiger partial charge in [0.15, 0.2) is 17.0 Å². The highest BCUT2D eigenvalue weighted by atomic mass is 35.5. The van der Waals surface area contributed by atoms with Crippen LogP contribution in [0.2, 0.25) is 10.3 Å². The number of rotatable bonds is 5. The molecular weight excluding hydrogens is 283 g/mol. The van der Waals surface area contributed by atoms with E-state index in [0.717, 1.165) is 4.57 Å². The molecule has 0 unspecified atom stereocenters. The summed E-state index contributed by atoms with van der Waals surface area (Å²) in [5.74, 6) is -1.41. The summed E-state index contributed by atoms with van der Waals surface area (Å²) in [5, 5.41) is -0.0853. The zero-order valence-electron chi connectivity index (χ0n) is 9.48. The van der Waals surface area contributed by atoms with Crippen LogP contribution in [0, 0.1) is 0 Å². The first-order valence-corrected chi connectivity index (χ1v) is 5.55. The predicted molar refractivity (Wildman–Crippen MR) is 64.5 cm³/mol. The zero-order valence-corrected chi connectivity index (χ0v) is 11.0. The number of carbonyl (C=O) groups excluding carboxylic acids is 2. The highest BCUT2D eigenvalue weighted by molar-refractivity contribution is 6.40. The number of aromatic nitrogens is 2. The van der Waals surface area contributed by atoms with Crippen molar-refractivity contribution in [1.82, 2.24) is 9.55 Å².